The van der Waals surface area contributed by atoms with Gasteiger partial charge in [0.15, 0.2) is 11.5 Å². The third-order valence-corrected chi connectivity index (χ3v) is 7.89. The van der Waals surface area contributed by atoms with Crippen molar-refractivity contribution in [1.82, 2.24) is 9.37 Å². The lowest BCUT2D eigenvalue weighted by molar-refractivity contribution is -0.149. The zero-order chi connectivity index (χ0) is 21.9. The summed E-state index contributed by atoms with van der Waals surface area (Å²) >= 11 is 0. The fourth-order valence-corrected chi connectivity index (χ4v) is 6.17. The van der Waals surface area contributed by atoms with Gasteiger partial charge in [-0.3, -0.25) is 9.63 Å². The Morgan fingerprint density at radius 2 is 1.97 bits per heavy atom. The van der Waals surface area contributed by atoms with Crippen molar-refractivity contribution in [3.05, 3.63) is 23.8 Å². The number of hydroxylamine groups is 2. The Hall–Kier alpha value is -1.88. The van der Waals surface area contributed by atoms with Crippen LogP contribution >= 0.6 is 0 Å². The molecule has 1 aromatic carbocycles. The Balaban J connectivity index is 1.86. The van der Waals surface area contributed by atoms with Gasteiger partial charge in [-0.05, 0) is 37.5 Å². The zero-order valence-corrected chi connectivity index (χ0v) is 18.7. The predicted octanol–water partition coefficient (Wildman–Crippen LogP) is 1.60. The molecule has 0 N–H and O–H groups in total. The number of rotatable bonds is 7. The van der Waals surface area contributed by atoms with Crippen LogP contribution in [0.25, 0.3) is 0 Å². The maximum atomic E-state index is 13.5. The van der Waals surface area contributed by atoms with Gasteiger partial charge in [0.05, 0.1) is 39.4 Å². The minimum Gasteiger partial charge on any atom is -0.493 e. The number of ether oxygens (including phenoxy) is 3. The summed E-state index contributed by atoms with van der Waals surface area (Å²) in [6, 6.07) is 4.83. The molecular weight excluding hydrogens is 412 g/mol. The highest BCUT2D eigenvalue weighted by Gasteiger charge is 2.47. The second kappa shape index (κ2) is 9.51. The first-order valence-corrected chi connectivity index (χ1v) is 11.6. The van der Waals surface area contributed by atoms with E-state index in [1.165, 1.54) is 11.4 Å². The van der Waals surface area contributed by atoms with Crippen LogP contribution in [0.2, 0.25) is 0 Å². The number of carbonyl (C=O) groups excluding carboxylic acids is 1. The fourth-order valence-electron chi connectivity index (χ4n) is 4.12. The van der Waals surface area contributed by atoms with Crippen molar-refractivity contribution >= 4 is 16.0 Å². The van der Waals surface area contributed by atoms with Crippen LogP contribution in [0, 0.1) is 5.92 Å². The number of sulfonamides is 1. The Bertz CT molecular complexity index is 861. The van der Waals surface area contributed by atoms with E-state index in [4.69, 9.17) is 19.0 Å². The van der Waals surface area contributed by atoms with Gasteiger partial charge in [0.2, 0.25) is 10.0 Å². The maximum Gasteiger partial charge on any atom is 0.310 e. The van der Waals surface area contributed by atoms with Crippen molar-refractivity contribution in [1.29, 1.82) is 0 Å². The molecule has 0 radical (unpaired) electrons. The number of piperidine rings is 1. The van der Waals surface area contributed by atoms with E-state index in [9.17, 15) is 13.2 Å². The molecule has 0 saturated carbocycles. The number of nitrogens with zero attached hydrogens (tertiary/aromatic N) is 2. The molecule has 0 bridgehead atoms. The number of hydrogen-bond donors (Lipinski definition) is 0. The monoisotopic (exact) mass is 442 g/mol. The van der Waals surface area contributed by atoms with Gasteiger partial charge < -0.3 is 14.2 Å². The van der Waals surface area contributed by atoms with Crippen molar-refractivity contribution in [2.24, 2.45) is 5.92 Å². The van der Waals surface area contributed by atoms with E-state index >= 15 is 0 Å². The van der Waals surface area contributed by atoms with Gasteiger partial charge in [0, 0.05) is 20.1 Å². The normalized spacial score (nSPS) is 25.8. The first kappa shape index (κ1) is 22.8. The number of hydrogen-bond acceptors (Lipinski definition) is 8. The fraction of sp³-hybridized carbons (Fsp3) is 0.650. The van der Waals surface area contributed by atoms with Crippen molar-refractivity contribution in [3.8, 4) is 11.5 Å². The minimum absolute atomic E-state index is 0.0401. The van der Waals surface area contributed by atoms with Gasteiger partial charge in [0.25, 0.3) is 0 Å². The van der Waals surface area contributed by atoms with Crippen LogP contribution in [-0.2, 0) is 24.4 Å². The number of esters is 1. The van der Waals surface area contributed by atoms with E-state index in [-0.39, 0.29) is 25.7 Å². The summed E-state index contributed by atoms with van der Waals surface area (Å²) in [6.07, 6.45) is 1.25. The smallest absolute Gasteiger partial charge is 0.310 e. The summed E-state index contributed by atoms with van der Waals surface area (Å²) in [4.78, 5) is 17.8. The molecule has 2 aliphatic rings. The topological polar surface area (TPSA) is 94.6 Å². The molecule has 10 heteroatoms. The van der Waals surface area contributed by atoms with Gasteiger partial charge in [0.1, 0.15) is 5.25 Å². The Morgan fingerprint density at radius 3 is 2.63 bits per heavy atom. The molecule has 2 aliphatic heterocycles. The molecule has 0 aromatic heterocycles. The summed E-state index contributed by atoms with van der Waals surface area (Å²) in [6.45, 7) is 2.59. The molecule has 3 unspecified atom stereocenters. The third kappa shape index (κ3) is 4.41. The Kier molecular flexibility index (Phi) is 7.22. The predicted molar refractivity (Wildman–Crippen MR) is 110 cm³/mol. The lowest BCUT2D eigenvalue weighted by Gasteiger charge is -2.34. The molecule has 3 atom stereocenters. The van der Waals surface area contributed by atoms with Gasteiger partial charge in [-0.25, -0.2) is 12.7 Å². The molecule has 3 rings (SSSR count). The Labute approximate surface area is 177 Å². The van der Waals surface area contributed by atoms with E-state index in [1.54, 1.807) is 38.3 Å². The largest absolute Gasteiger partial charge is 0.493 e. The highest BCUT2D eigenvalue weighted by atomic mass is 32.2. The molecule has 2 saturated heterocycles. The molecular formula is C20H30N2O7S. The van der Waals surface area contributed by atoms with Crippen molar-refractivity contribution in [2.75, 3.05) is 47.6 Å². The van der Waals surface area contributed by atoms with Gasteiger partial charge in [-0.15, -0.1) is 0 Å². The molecule has 9 nitrogen and oxygen atoms in total. The van der Waals surface area contributed by atoms with Crippen LogP contribution in [0.4, 0.5) is 0 Å². The third-order valence-electron chi connectivity index (χ3n) is 5.68. The number of benzene rings is 1. The summed E-state index contributed by atoms with van der Waals surface area (Å²) in [7, 11) is 1.08. The van der Waals surface area contributed by atoms with Crippen LogP contribution in [0.1, 0.15) is 31.4 Å². The molecule has 2 heterocycles. The quantitative estimate of drug-likeness (QED) is 0.588. The van der Waals surface area contributed by atoms with E-state index < -0.39 is 27.2 Å². The van der Waals surface area contributed by atoms with Gasteiger partial charge in [-0.1, -0.05) is 6.07 Å². The SMILES string of the molecule is CCOC(=O)C1CCCN(S(=O)(=O)C2CON(C)C2c2ccc(OC)c(OC)c2)C1. The van der Waals surface area contributed by atoms with Gasteiger partial charge in [-0.2, -0.15) is 5.06 Å². The van der Waals surface area contributed by atoms with Crippen LogP contribution < -0.4 is 9.47 Å². The molecule has 0 amide bonds. The van der Waals surface area contributed by atoms with Crippen molar-refractivity contribution in [2.45, 2.75) is 31.1 Å². The van der Waals surface area contributed by atoms with Crippen molar-refractivity contribution in [3.63, 3.8) is 0 Å². The molecule has 30 heavy (non-hydrogen) atoms. The first-order valence-electron chi connectivity index (χ1n) is 10.1. The van der Waals surface area contributed by atoms with Crippen molar-refractivity contribution < 1.29 is 32.3 Å². The molecule has 0 spiro atoms. The van der Waals surface area contributed by atoms with E-state index in [1.807, 2.05) is 6.07 Å². The summed E-state index contributed by atoms with van der Waals surface area (Å²) < 4.78 is 44.2. The number of methoxy groups -OCH3 is 2. The lowest BCUT2D eigenvalue weighted by Crippen LogP contribution is -2.48. The van der Waals surface area contributed by atoms with Crippen LogP contribution in [0.5, 0.6) is 11.5 Å². The summed E-state index contributed by atoms with van der Waals surface area (Å²) in [5.74, 6) is 0.309. The number of carbonyl (C=O) groups is 1. The van der Waals surface area contributed by atoms with Crippen LogP contribution in [0.15, 0.2) is 18.2 Å². The van der Waals surface area contributed by atoms with Crippen LogP contribution in [-0.4, -0.2) is 76.6 Å². The maximum absolute atomic E-state index is 13.5. The molecule has 168 valence electrons. The lowest BCUT2D eigenvalue weighted by atomic mass is 10.0. The second-order valence-corrected chi connectivity index (χ2v) is 9.59. The standard InChI is InChI=1S/C20H30N2O7S/c1-5-28-20(23)15-7-6-10-22(12-15)30(24,25)18-13-29-21(2)19(18)14-8-9-16(26-3)17(11-14)27-4/h8-9,11,15,18-19H,5-7,10,12-13H2,1-4H3. The first-order chi connectivity index (χ1) is 14.3. The molecule has 2 fully saturated rings. The van der Waals surface area contributed by atoms with Crippen LogP contribution in [0.3, 0.4) is 0 Å². The van der Waals surface area contributed by atoms with E-state index in [0.29, 0.717) is 30.9 Å². The Morgan fingerprint density at radius 1 is 1.23 bits per heavy atom. The molecule has 0 aliphatic carbocycles. The summed E-state index contributed by atoms with van der Waals surface area (Å²) in [5.41, 5.74) is 0.750. The highest BCUT2D eigenvalue weighted by molar-refractivity contribution is 7.89. The second-order valence-electron chi connectivity index (χ2n) is 7.43. The minimum atomic E-state index is -3.72. The summed E-state index contributed by atoms with van der Waals surface area (Å²) in [5, 5.41) is 0.762. The average molecular weight is 443 g/mol. The van der Waals surface area contributed by atoms with E-state index in [2.05, 4.69) is 0 Å². The van der Waals surface area contributed by atoms with Gasteiger partial charge >= 0.3 is 5.97 Å². The van der Waals surface area contributed by atoms with E-state index in [0.717, 1.165) is 5.56 Å². The average Bonchev–Trinajstić information content (AvgIpc) is 3.15. The zero-order valence-electron chi connectivity index (χ0n) is 17.9. The highest BCUT2D eigenvalue weighted by Crippen LogP contribution is 2.39. The molecule has 1 aromatic rings.